The van der Waals surface area contributed by atoms with Crippen LogP contribution < -0.4 is 5.32 Å². The van der Waals surface area contributed by atoms with Gasteiger partial charge in [-0.2, -0.15) is 0 Å². The molecule has 3 atom stereocenters. The van der Waals surface area contributed by atoms with Crippen LogP contribution in [0.2, 0.25) is 0 Å². The van der Waals surface area contributed by atoms with E-state index in [1.807, 2.05) is 30.3 Å². The van der Waals surface area contributed by atoms with E-state index in [9.17, 15) is 9.18 Å². The maximum Gasteiger partial charge on any atom is 0.303 e. The Kier molecular flexibility index (Phi) is 7.37. The number of carboxylic acid groups (broad SMARTS) is 1. The van der Waals surface area contributed by atoms with Crippen molar-refractivity contribution < 1.29 is 14.3 Å². The second-order valence-electron chi connectivity index (χ2n) is 6.61. The minimum atomic E-state index is -0.725. The lowest BCUT2D eigenvalue weighted by Crippen LogP contribution is -2.22. The van der Waals surface area contributed by atoms with Gasteiger partial charge in [-0.15, -0.1) is 0 Å². The summed E-state index contributed by atoms with van der Waals surface area (Å²) >= 11 is 0. The Labute approximate surface area is 138 Å². The van der Waals surface area contributed by atoms with Gasteiger partial charge in [0, 0.05) is 18.7 Å². The van der Waals surface area contributed by atoms with E-state index in [4.69, 9.17) is 5.11 Å². The van der Waals surface area contributed by atoms with E-state index in [1.54, 1.807) is 0 Å². The van der Waals surface area contributed by atoms with Gasteiger partial charge < -0.3 is 10.4 Å². The number of halogens is 1. The third-order valence-corrected chi connectivity index (χ3v) is 4.90. The highest BCUT2D eigenvalue weighted by Gasteiger charge is 2.35. The summed E-state index contributed by atoms with van der Waals surface area (Å²) in [4.78, 5) is 10.5. The van der Waals surface area contributed by atoms with Crippen molar-refractivity contribution in [2.75, 3.05) is 11.9 Å². The molecule has 128 valence electrons. The quantitative estimate of drug-likeness (QED) is 0.603. The van der Waals surface area contributed by atoms with Crippen molar-refractivity contribution in [3.63, 3.8) is 0 Å². The SMILES string of the molecule is O=C(O)CCCCCC[C@H]1C(F)CC[C@@H]1CNc1ccccc1. The average Bonchev–Trinajstić information content (AvgIpc) is 2.90. The van der Waals surface area contributed by atoms with Crippen molar-refractivity contribution in [1.82, 2.24) is 0 Å². The van der Waals surface area contributed by atoms with Crippen molar-refractivity contribution >= 4 is 11.7 Å². The fourth-order valence-corrected chi connectivity index (χ4v) is 3.58. The summed E-state index contributed by atoms with van der Waals surface area (Å²) in [7, 11) is 0. The zero-order chi connectivity index (χ0) is 16.5. The van der Waals surface area contributed by atoms with Gasteiger partial charge in [0.15, 0.2) is 0 Å². The lowest BCUT2D eigenvalue weighted by molar-refractivity contribution is -0.137. The van der Waals surface area contributed by atoms with Crippen LogP contribution in [0.5, 0.6) is 0 Å². The molecule has 3 nitrogen and oxygen atoms in total. The molecule has 1 fully saturated rings. The third-order valence-electron chi connectivity index (χ3n) is 4.90. The van der Waals surface area contributed by atoms with Gasteiger partial charge in [0.1, 0.15) is 6.17 Å². The van der Waals surface area contributed by atoms with Crippen LogP contribution in [-0.2, 0) is 4.79 Å². The molecule has 1 aliphatic carbocycles. The Bertz CT molecular complexity index is 466. The second-order valence-corrected chi connectivity index (χ2v) is 6.61. The molecule has 0 aliphatic heterocycles. The summed E-state index contributed by atoms with van der Waals surface area (Å²) in [6, 6.07) is 10.1. The molecular weight excluding hydrogens is 293 g/mol. The smallest absolute Gasteiger partial charge is 0.303 e. The lowest BCUT2D eigenvalue weighted by Gasteiger charge is -2.22. The number of carbonyl (C=O) groups is 1. The number of hydrogen-bond donors (Lipinski definition) is 2. The largest absolute Gasteiger partial charge is 0.481 e. The van der Waals surface area contributed by atoms with E-state index in [-0.39, 0.29) is 12.3 Å². The molecule has 0 saturated heterocycles. The van der Waals surface area contributed by atoms with Gasteiger partial charge in [0.05, 0.1) is 0 Å². The molecule has 1 unspecified atom stereocenters. The number of hydrogen-bond acceptors (Lipinski definition) is 2. The van der Waals surface area contributed by atoms with Gasteiger partial charge in [0.2, 0.25) is 0 Å². The molecule has 0 radical (unpaired) electrons. The van der Waals surface area contributed by atoms with Gasteiger partial charge in [-0.3, -0.25) is 4.79 Å². The summed E-state index contributed by atoms with van der Waals surface area (Å²) < 4.78 is 14.1. The number of unbranched alkanes of at least 4 members (excludes halogenated alkanes) is 3. The van der Waals surface area contributed by atoms with E-state index in [0.29, 0.717) is 12.3 Å². The van der Waals surface area contributed by atoms with Crippen molar-refractivity contribution in [3.8, 4) is 0 Å². The van der Waals surface area contributed by atoms with Crippen molar-refractivity contribution in [2.24, 2.45) is 11.8 Å². The number of carboxylic acids is 1. The number of para-hydroxylation sites is 1. The standard InChI is InChI=1S/C19H28FNO2/c20-18-13-12-15(14-21-16-8-4-3-5-9-16)17(18)10-6-1-2-7-11-19(22)23/h3-5,8-9,15,17-18,21H,1-2,6-7,10-14H2,(H,22,23)/t15-,17-,18?/m1/s1. The zero-order valence-electron chi connectivity index (χ0n) is 13.7. The van der Waals surface area contributed by atoms with E-state index in [2.05, 4.69) is 5.32 Å². The van der Waals surface area contributed by atoms with Crippen LogP contribution in [0.3, 0.4) is 0 Å². The van der Waals surface area contributed by atoms with Gasteiger partial charge in [-0.05, 0) is 49.7 Å². The zero-order valence-corrected chi connectivity index (χ0v) is 13.7. The highest BCUT2D eigenvalue weighted by atomic mass is 19.1. The molecule has 1 aliphatic rings. The van der Waals surface area contributed by atoms with Gasteiger partial charge in [0.25, 0.3) is 0 Å². The minimum Gasteiger partial charge on any atom is -0.481 e. The fraction of sp³-hybridized carbons (Fsp3) is 0.632. The number of benzene rings is 1. The van der Waals surface area contributed by atoms with Crippen molar-refractivity contribution in [2.45, 2.75) is 57.5 Å². The Morgan fingerprint density at radius 3 is 2.61 bits per heavy atom. The maximum absolute atomic E-state index is 14.1. The van der Waals surface area contributed by atoms with Crippen LogP contribution in [0.25, 0.3) is 0 Å². The van der Waals surface area contributed by atoms with Gasteiger partial charge in [-0.1, -0.05) is 37.5 Å². The third kappa shape index (κ3) is 6.20. The molecule has 4 heteroatoms. The predicted molar refractivity (Wildman–Crippen MR) is 91.4 cm³/mol. The van der Waals surface area contributed by atoms with Crippen LogP contribution in [0.4, 0.5) is 10.1 Å². The van der Waals surface area contributed by atoms with Crippen LogP contribution in [0.15, 0.2) is 30.3 Å². The second kappa shape index (κ2) is 9.53. The molecule has 2 N–H and O–H groups in total. The molecule has 0 amide bonds. The van der Waals surface area contributed by atoms with Crippen LogP contribution in [0.1, 0.15) is 51.4 Å². The first-order valence-electron chi connectivity index (χ1n) is 8.81. The normalized spacial score (nSPS) is 23.8. The summed E-state index contributed by atoms with van der Waals surface area (Å²) in [5.41, 5.74) is 1.10. The van der Waals surface area contributed by atoms with Crippen LogP contribution >= 0.6 is 0 Å². The Hall–Kier alpha value is -1.58. The molecule has 1 saturated carbocycles. The molecule has 0 heterocycles. The molecule has 0 bridgehead atoms. The Morgan fingerprint density at radius 1 is 1.13 bits per heavy atom. The van der Waals surface area contributed by atoms with Crippen LogP contribution in [-0.4, -0.2) is 23.8 Å². The predicted octanol–water partition coefficient (Wildman–Crippen LogP) is 4.89. The van der Waals surface area contributed by atoms with Crippen LogP contribution in [0, 0.1) is 11.8 Å². The first-order chi connectivity index (χ1) is 11.2. The van der Waals surface area contributed by atoms with E-state index >= 15 is 0 Å². The molecule has 23 heavy (non-hydrogen) atoms. The first kappa shape index (κ1) is 17.8. The topological polar surface area (TPSA) is 49.3 Å². The minimum absolute atomic E-state index is 0.158. The summed E-state index contributed by atoms with van der Waals surface area (Å²) in [6.07, 6.45) is 5.84. The summed E-state index contributed by atoms with van der Waals surface area (Å²) in [5.74, 6) is -0.161. The van der Waals surface area contributed by atoms with Crippen molar-refractivity contribution in [3.05, 3.63) is 30.3 Å². The molecule has 2 rings (SSSR count). The molecule has 1 aromatic carbocycles. The number of anilines is 1. The maximum atomic E-state index is 14.1. The number of alkyl halides is 1. The van der Waals surface area contributed by atoms with Gasteiger partial charge in [-0.25, -0.2) is 4.39 Å². The van der Waals surface area contributed by atoms with Crippen molar-refractivity contribution in [1.29, 1.82) is 0 Å². The van der Waals surface area contributed by atoms with Gasteiger partial charge >= 0.3 is 5.97 Å². The fourth-order valence-electron chi connectivity index (χ4n) is 3.58. The van der Waals surface area contributed by atoms with E-state index in [0.717, 1.165) is 50.8 Å². The Balaban J connectivity index is 1.67. The molecular formula is C19H28FNO2. The highest BCUT2D eigenvalue weighted by molar-refractivity contribution is 5.66. The summed E-state index contributed by atoms with van der Waals surface area (Å²) in [6.45, 7) is 0.841. The number of aliphatic carboxylic acids is 1. The van der Waals surface area contributed by atoms with E-state index in [1.165, 1.54) is 0 Å². The number of nitrogens with one attached hydrogen (secondary N) is 1. The molecule has 1 aromatic rings. The first-order valence-corrected chi connectivity index (χ1v) is 8.81. The summed E-state index contributed by atoms with van der Waals surface area (Å²) in [5, 5.41) is 12.0. The average molecular weight is 321 g/mol. The molecule has 0 spiro atoms. The van der Waals surface area contributed by atoms with E-state index < -0.39 is 12.1 Å². The number of rotatable bonds is 10. The molecule has 0 aromatic heterocycles. The lowest BCUT2D eigenvalue weighted by atomic mass is 9.89. The highest BCUT2D eigenvalue weighted by Crippen LogP contribution is 2.38. The Morgan fingerprint density at radius 2 is 1.87 bits per heavy atom. The monoisotopic (exact) mass is 321 g/mol.